The van der Waals surface area contributed by atoms with E-state index < -0.39 is 0 Å². The molecule has 7 nitrogen and oxygen atoms in total. The van der Waals surface area contributed by atoms with Gasteiger partial charge in [-0.2, -0.15) is 0 Å². The predicted octanol–water partition coefficient (Wildman–Crippen LogP) is 5.62. The first-order valence-electron chi connectivity index (χ1n) is 13.1. The number of carbonyl (C=O) groups is 1. The summed E-state index contributed by atoms with van der Waals surface area (Å²) in [7, 11) is 1.61. The molecule has 37 heavy (non-hydrogen) atoms. The van der Waals surface area contributed by atoms with Crippen molar-refractivity contribution >= 4 is 16.8 Å². The first kappa shape index (κ1) is 23.5. The molecule has 0 saturated heterocycles. The number of aromatic nitrogens is 3. The molecular formula is C30H32N4O3. The zero-order valence-electron chi connectivity index (χ0n) is 21.4. The van der Waals surface area contributed by atoms with Crippen molar-refractivity contribution in [2.45, 2.75) is 51.6 Å². The van der Waals surface area contributed by atoms with Crippen LogP contribution in [0.4, 0.5) is 0 Å². The minimum Gasteiger partial charge on any atom is -0.481 e. The Labute approximate surface area is 216 Å². The van der Waals surface area contributed by atoms with Gasteiger partial charge in [-0.25, -0.2) is 9.97 Å². The van der Waals surface area contributed by atoms with Crippen LogP contribution in [-0.4, -0.2) is 40.2 Å². The van der Waals surface area contributed by atoms with Gasteiger partial charge in [0.05, 0.1) is 30.2 Å². The number of benzene rings is 1. The minimum absolute atomic E-state index is 0.0580. The summed E-state index contributed by atoms with van der Waals surface area (Å²) in [5, 5.41) is 4.10. The number of carbonyl (C=O) groups excluding carboxylic acids is 1. The number of pyridine rings is 2. The predicted molar refractivity (Wildman–Crippen MR) is 143 cm³/mol. The number of amides is 1. The highest BCUT2D eigenvalue weighted by atomic mass is 16.5. The van der Waals surface area contributed by atoms with E-state index in [2.05, 4.69) is 44.1 Å². The lowest BCUT2D eigenvalue weighted by atomic mass is 9.54. The highest BCUT2D eigenvalue weighted by Crippen LogP contribution is 2.55. The Bertz CT molecular complexity index is 1430. The fraction of sp³-hybridized carbons (Fsp3) is 0.367. The van der Waals surface area contributed by atoms with Crippen molar-refractivity contribution < 1.29 is 14.3 Å². The van der Waals surface area contributed by atoms with Gasteiger partial charge in [0.2, 0.25) is 11.8 Å². The van der Waals surface area contributed by atoms with Crippen LogP contribution in [0, 0.1) is 5.41 Å². The summed E-state index contributed by atoms with van der Waals surface area (Å²) in [6, 6.07) is 14.6. The summed E-state index contributed by atoms with van der Waals surface area (Å²) >= 11 is 0. The van der Waals surface area contributed by atoms with E-state index in [1.54, 1.807) is 19.5 Å². The fourth-order valence-corrected chi connectivity index (χ4v) is 5.91. The lowest BCUT2D eigenvalue weighted by molar-refractivity contribution is -0.000608. The molecule has 0 aliphatic heterocycles. The molecule has 190 valence electrons. The normalized spacial score (nSPS) is 16.3. The zero-order chi connectivity index (χ0) is 25.4. The van der Waals surface area contributed by atoms with Crippen molar-refractivity contribution in [1.82, 2.24) is 19.9 Å². The fourth-order valence-electron chi connectivity index (χ4n) is 5.91. The first-order chi connectivity index (χ1) is 18.1. The average Bonchev–Trinajstić information content (AvgIpc) is 3.28. The lowest BCUT2D eigenvalue weighted by Crippen LogP contribution is -2.53. The zero-order valence-corrected chi connectivity index (χ0v) is 21.4. The molecule has 2 aliphatic carbocycles. The maximum Gasteiger partial charge on any atom is 0.255 e. The van der Waals surface area contributed by atoms with Gasteiger partial charge in [0.25, 0.3) is 5.91 Å². The Kier molecular flexibility index (Phi) is 6.07. The van der Waals surface area contributed by atoms with Crippen molar-refractivity contribution in [3.8, 4) is 22.9 Å². The second-order valence-corrected chi connectivity index (χ2v) is 10.3. The van der Waals surface area contributed by atoms with E-state index in [1.165, 1.54) is 19.3 Å². The Morgan fingerprint density at radius 2 is 1.92 bits per heavy atom. The third kappa shape index (κ3) is 4.43. The highest BCUT2D eigenvalue weighted by molar-refractivity contribution is 6.07. The molecule has 3 aromatic heterocycles. The van der Waals surface area contributed by atoms with Crippen LogP contribution in [0.15, 0.2) is 61.1 Å². The molecule has 2 aliphatic rings. The summed E-state index contributed by atoms with van der Waals surface area (Å²) in [4.78, 5) is 22.0. The number of nitrogens with one attached hydrogen (secondary N) is 1. The van der Waals surface area contributed by atoms with Gasteiger partial charge in [-0.05, 0) is 66.8 Å². The molecular weight excluding hydrogens is 464 g/mol. The molecule has 1 spiro atoms. The number of hydrogen-bond donors (Lipinski definition) is 1. The molecule has 6 rings (SSSR count). The third-order valence-electron chi connectivity index (χ3n) is 7.97. The molecule has 1 N–H and O–H groups in total. The van der Waals surface area contributed by atoms with E-state index in [0.717, 1.165) is 40.4 Å². The molecule has 2 saturated carbocycles. The molecule has 3 heterocycles. The van der Waals surface area contributed by atoms with Crippen molar-refractivity contribution in [2.24, 2.45) is 5.41 Å². The van der Waals surface area contributed by atoms with E-state index in [1.807, 2.05) is 31.3 Å². The molecule has 0 bridgehead atoms. The lowest BCUT2D eigenvalue weighted by Gasteiger charge is -2.54. The second-order valence-electron chi connectivity index (χ2n) is 10.3. The van der Waals surface area contributed by atoms with E-state index in [0.29, 0.717) is 35.9 Å². The van der Waals surface area contributed by atoms with Crippen LogP contribution in [0.25, 0.3) is 22.0 Å². The maximum absolute atomic E-state index is 13.3. The van der Waals surface area contributed by atoms with Crippen molar-refractivity contribution in [2.75, 3.05) is 13.7 Å². The number of rotatable bonds is 8. The van der Waals surface area contributed by atoms with Crippen LogP contribution in [0.2, 0.25) is 0 Å². The number of methoxy groups -OCH3 is 1. The molecule has 1 amide bonds. The van der Waals surface area contributed by atoms with Crippen LogP contribution in [0.1, 0.15) is 54.9 Å². The van der Waals surface area contributed by atoms with E-state index in [9.17, 15) is 4.79 Å². The largest absolute Gasteiger partial charge is 0.481 e. The number of nitrogens with zero attached hydrogens (tertiary/aromatic N) is 3. The van der Waals surface area contributed by atoms with E-state index >= 15 is 0 Å². The summed E-state index contributed by atoms with van der Waals surface area (Å²) < 4.78 is 13.2. The van der Waals surface area contributed by atoms with Gasteiger partial charge >= 0.3 is 0 Å². The van der Waals surface area contributed by atoms with Crippen molar-refractivity contribution in [3.63, 3.8) is 0 Å². The number of hydrogen-bond acceptors (Lipinski definition) is 5. The number of ether oxygens (including phenoxy) is 2. The van der Waals surface area contributed by atoms with E-state index in [-0.39, 0.29) is 11.9 Å². The molecule has 4 aromatic rings. The van der Waals surface area contributed by atoms with Crippen molar-refractivity contribution in [1.29, 1.82) is 0 Å². The van der Waals surface area contributed by atoms with Gasteiger partial charge in [-0.1, -0.05) is 30.7 Å². The first-order valence-corrected chi connectivity index (χ1v) is 13.1. The molecule has 1 aromatic carbocycles. The molecule has 2 fully saturated rings. The monoisotopic (exact) mass is 496 g/mol. The third-order valence-corrected chi connectivity index (χ3v) is 7.97. The summed E-state index contributed by atoms with van der Waals surface area (Å²) in [6.45, 7) is 3.17. The van der Waals surface area contributed by atoms with Gasteiger partial charge in [-0.15, -0.1) is 0 Å². The Morgan fingerprint density at radius 3 is 2.62 bits per heavy atom. The minimum atomic E-state index is -0.0580. The smallest absolute Gasteiger partial charge is 0.255 e. The molecule has 0 radical (unpaired) electrons. The quantitative estimate of drug-likeness (QED) is 0.343. The summed E-state index contributed by atoms with van der Waals surface area (Å²) in [5.74, 6) is 1.10. The van der Waals surface area contributed by atoms with Gasteiger partial charge < -0.3 is 19.4 Å². The maximum atomic E-state index is 13.3. The topological polar surface area (TPSA) is 78.3 Å². The van der Waals surface area contributed by atoms with Gasteiger partial charge in [0.15, 0.2) is 0 Å². The summed E-state index contributed by atoms with van der Waals surface area (Å²) in [5.41, 5.74) is 5.24. The van der Waals surface area contributed by atoms with Crippen LogP contribution >= 0.6 is 0 Å². The van der Waals surface area contributed by atoms with Crippen LogP contribution in [-0.2, 0) is 6.54 Å². The van der Waals surface area contributed by atoms with E-state index in [4.69, 9.17) is 9.47 Å². The highest BCUT2D eigenvalue weighted by Gasteiger charge is 2.48. The standard InChI is InChI=1S/C30H32N4O3/c1-3-37-26-15-22(9-13-31-26)21-7-5-20(6-8-21)19-34-14-10-24-27(34)25(18-32-29(24)36-2)28(35)33-23-16-30(17-23)11-4-12-30/h5-10,13-15,18,23H,3-4,11-12,16-17,19H2,1-2H3,(H,33,35). The van der Waals surface area contributed by atoms with Gasteiger partial charge in [0.1, 0.15) is 0 Å². The Morgan fingerprint density at radius 1 is 1.11 bits per heavy atom. The second kappa shape index (κ2) is 9.54. The SMILES string of the molecule is CCOc1cc(-c2ccc(Cn3ccc4c(OC)ncc(C(=O)NC5CC6(CCC6)C5)c43)cc2)ccn1. The van der Waals surface area contributed by atoms with Crippen LogP contribution < -0.4 is 14.8 Å². The molecule has 0 unspecified atom stereocenters. The molecule has 7 heteroatoms. The Hall–Kier alpha value is -3.87. The number of fused-ring (bicyclic) bond motifs is 1. The van der Waals surface area contributed by atoms with Crippen LogP contribution in [0.3, 0.4) is 0 Å². The van der Waals surface area contributed by atoms with Gasteiger partial charge in [0, 0.05) is 37.2 Å². The Balaban J connectivity index is 1.24. The van der Waals surface area contributed by atoms with Crippen molar-refractivity contribution in [3.05, 3.63) is 72.2 Å². The average molecular weight is 497 g/mol. The summed E-state index contributed by atoms with van der Waals surface area (Å²) in [6.07, 6.45) is 11.6. The van der Waals surface area contributed by atoms with Gasteiger partial charge in [-0.3, -0.25) is 4.79 Å². The van der Waals surface area contributed by atoms with Crippen LogP contribution in [0.5, 0.6) is 11.8 Å². The molecule has 0 atom stereocenters.